The second kappa shape index (κ2) is 8.37. The van der Waals surface area contributed by atoms with E-state index in [1.165, 1.54) is 4.57 Å². The van der Waals surface area contributed by atoms with Crippen LogP contribution in [0.25, 0.3) is 22.9 Å². The minimum Gasteiger partial charge on any atom is -0.355 e. The summed E-state index contributed by atoms with van der Waals surface area (Å²) in [6, 6.07) is 12.2. The number of aromatic nitrogens is 2. The van der Waals surface area contributed by atoms with Crippen molar-refractivity contribution in [2.24, 2.45) is 0 Å². The lowest BCUT2D eigenvalue weighted by Gasteiger charge is -2.34. The zero-order valence-electron chi connectivity index (χ0n) is 17.2. The number of rotatable bonds is 5. The van der Waals surface area contributed by atoms with Crippen LogP contribution in [0, 0.1) is 10.8 Å². The van der Waals surface area contributed by atoms with Gasteiger partial charge in [0.05, 0.1) is 12.0 Å². The molecule has 0 saturated heterocycles. The molecular weight excluding hydrogens is 414 g/mol. The number of hydrogen-bond acceptors (Lipinski definition) is 5. The SMILES string of the molecule is CCOC1C=Cc2cc(-c3ccc(=N)n(C=N)c3)c(=O)n(-c3ccc(Cl)cc3)c2N1C. The predicted molar refractivity (Wildman–Crippen MR) is 123 cm³/mol. The number of hydrogen-bond donors (Lipinski definition) is 2. The van der Waals surface area contributed by atoms with Crippen LogP contribution in [-0.4, -0.2) is 35.4 Å². The topological polar surface area (TPSA) is 87.1 Å². The van der Waals surface area contributed by atoms with Gasteiger partial charge in [0.2, 0.25) is 0 Å². The van der Waals surface area contributed by atoms with Crippen LogP contribution in [0.2, 0.25) is 5.02 Å². The molecule has 0 amide bonds. The van der Waals surface area contributed by atoms with Crippen LogP contribution in [0.4, 0.5) is 5.82 Å². The number of benzene rings is 1. The van der Waals surface area contributed by atoms with Crippen molar-refractivity contribution in [2.45, 2.75) is 13.2 Å². The summed E-state index contributed by atoms with van der Waals surface area (Å²) in [5, 5.41) is 16.0. The quantitative estimate of drug-likeness (QED) is 0.473. The molecule has 8 heteroatoms. The molecule has 7 nitrogen and oxygen atoms in total. The maximum atomic E-state index is 13.7. The average molecular weight is 436 g/mol. The van der Waals surface area contributed by atoms with Gasteiger partial charge < -0.3 is 9.64 Å². The van der Waals surface area contributed by atoms with Gasteiger partial charge in [-0.3, -0.25) is 24.7 Å². The van der Waals surface area contributed by atoms with Gasteiger partial charge in [-0.2, -0.15) is 0 Å². The van der Waals surface area contributed by atoms with E-state index < -0.39 is 0 Å². The molecule has 1 unspecified atom stereocenters. The molecule has 2 aromatic heterocycles. The first-order chi connectivity index (χ1) is 14.9. The number of nitrogens with zero attached hydrogens (tertiary/aromatic N) is 3. The van der Waals surface area contributed by atoms with Gasteiger partial charge in [0.15, 0.2) is 6.23 Å². The highest BCUT2D eigenvalue weighted by Gasteiger charge is 2.26. The van der Waals surface area contributed by atoms with Crippen LogP contribution >= 0.6 is 11.6 Å². The van der Waals surface area contributed by atoms with Gasteiger partial charge in [-0.15, -0.1) is 0 Å². The molecule has 3 aromatic rings. The summed E-state index contributed by atoms with van der Waals surface area (Å²) in [5.41, 5.74) is 2.58. The molecule has 3 heterocycles. The normalized spacial score (nSPS) is 15.1. The molecule has 0 spiro atoms. The monoisotopic (exact) mass is 435 g/mol. The van der Waals surface area contributed by atoms with E-state index in [9.17, 15) is 4.79 Å². The summed E-state index contributed by atoms with van der Waals surface area (Å²) in [7, 11) is 1.89. The van der Waals surface area contributed by atoms with Crippen molar-refractivity contribution in [1.29, 1.82) is 10.8 Å². The molecule has 1 aromatic carbocycles. The lowest BCUT2D eigenvalue weighted by atomic mass is 10.0. The van der Waals surface area contributed by atoms with Crippen LogP contribution in [0.3, 0.4) is 0 Å². The molecule has 0 saturated carbocycles. The highest BCUT2D eigenvalue weighted by Crippen LogP contribution is 2.32. The third-order valence-corrected chi connectivity index (χ3v) is 5.46. The highest BCUT2D eigenvalue weighted by atomic mass is 35.5. The van der Waals surface area contributed by atoms with E-state index in [0.717, 1.165) is 11.9 Å². The van der Waals surface area contributed by atoms with Crippen molar-refractivity contribution in [1.82, 2.24) is 9.13 Å². The maximum absolute atomic E-state index is 13.7. The number of halogens is 1. The van der Waals surface area contributed by atoms with E-state index in [4.69, 9.17) is 27.2 Å². The Hall–Kier alpha value is -3.42. The van der Waals surface area contributed by atoms with Gasteiger partial charge in [0.25, 0.3) is 5.56 Å². The Balaban J connectivity index is 2.02. The molecule has 0 radical (unpaired) electrons. The predicted octanol–water partition coefficient (Wildman–Crippen LogP) is 3.72. The van der Waals surface area contributed by atoms with Gasteiger partial charge in [0, 0.05) is 41.6 Å². The number of anilines is 1. The van der Waals surface area contributed by atoms with Crippen LogP contribution in [0.1, 0.15) is 12.5 Å². The second-order valence-corrected chi connectivity index (χ2v) is 7.55. The lowest BCUT2D eigenvalue weighted by Crippen LogP contribution is -2.39. The van der Waals surface area contributed by atoms with Crippen molar-refractivity contribution in [2.75, 3.05) is 18.6 Å². The fourth-order valence-corrected chi connectivity index (χ4v) is 3.83. The summed E-state index contributed by atoms with van der Waals surface area (Å²) < 4.78 is 8.82. The molecule has 1 atom stereocenters. The van der Waals surface area contributed by atoms with Crippen LogP contribution < -0.4 is 15.9 Å². The first-order valence-corrected chi connectivity index (χ1v) is 10.2. The number of ether oxygens (including phenoxy) is 1. The fraction of sp³-hybridized carbons (Fsp3) is 0.174. The van der Waals surface area contributed by atoms with Crippen LogP contribution in [-0.2, 0) is 4.74 Å². The first-order valence-electron chi connectivity index (χ1n) is 9.81. The Kier molecular flexibility index (Phi) is 5.63. The second-order valence-electron chi connectivity index (χ2n) is 7.11. The minimum absolute atomic E-state index is 0.161. The molecule has 0 bridgehead atoms. The third kappa shape index (κ3) is 3.73. The van der Waals surface area contributed by atoms with Gasteiger partial charge in [0.1, 0.15) is 11.3 Å². The molecule has 2 N–H and O–H groups in total. The summed E-state index contributed by atoms with van der Waals surface area (Å²) in [6.45, 7) is 2.47. The zero-order chi connectivity index (χ0) is 22.1. The van der Waals surface area contributed by atoms with Gasteiger partial charge >= 0.3 is 0 Å². The zero-order valence-corrected chi connectivity index (χ0v) is 17.9. The van der Waals surface area contributed by atoms with Crippen LogP contribution in [0.15, 0.2) is 59.5 Å². The molecular formula is C23H22ClN5O2. The van der Waals surface area contributed by atoms with E-state index in [1.807, 2.05) is 37.1 Å². The van der Waals surface area contributed by atoms with Gasteiger partial charge in [-0.05, 0) is 55.5 Å². The molecule has 31 heavy (non-hydrogen) atoms. The minimum atomic E-state index is -0.288. The van der Waals surface area contributed by atoms with E-state index in [1.54, 1.807) is 47.2 Å². The van der Waals surface area contributed by atoms with E-state index in [-0.39, 0.29) is 17.3 Å². The standard InChI is InChI=1S/C23H22ClN5O2/c1-3-31-21-11-5-15-12-19(16-4-10-20(26)28(13-16)14-25)23(30)29(22(15)27(21)2)18-8-6-17(24)7-9-18/h4-14,21,25-26H,3H2,1-2H3. The molecule has 0 aliphatic carbocycles. The Morgan fingerprint density at radius 2 is 1.94 bits per heavy atom. The average Bonchev–Trinajstić information content (AvgIpc) is 2.77. The van der Waals surface area contributed by atoms with E-state index >= 15 is 0 Å². The first kappa shape index (κ1) is 20.8. The molecule has 158 valence electrons. The number of likely N-dealkylation sites (N-methyl/N-ethyl adjacent to an activating group) is 1. The van der Waals surface area contributed by atoms with E-state index in [0.29, 0.717) is 34.3 Å². The van der Waals surface area contributed by atoms with Crippen molar-refractivity contribution in [3.8, 4) is 16.8 Å². The van der Waals surface area contributed by atoms with E-state index in [2.05, 4.69) is 0 Å². The smallest absolute Gasteiger partial charge is 0.264 e. The number of pyridine rings is 2. The molecule has 1 aliphatic heterocycles. The van der Waals surface area contributed by atoms with Gasteiger partial charge in [-0.1, -0.05) is 17.7 Å². The van der Waals surface area contributed by atoms with Crippen LogP contribution in [0.5, 0.6) is 0 Å². The lowest BCUT2D eigenvalue weighted by molar-refractivity contribution is 0.0960. The third-order valence-electron chi connectivity index (χ3n) is 5.21. The van der Waals surface area contributed by atoms with Crippen molar-refractivity contribution in [3.05, 3.63) is 81.2 Å². The molecule has 4 rings (SSSR count). The van der Waals surface area contributed by atoms with Crippen molar-refractivity contribution >= 4 is 29.8 Å². The Morgan fingerprint density at radius 1 is 1.19 bits per heavy atom. The summed E-state index contributed by atoms with van der Waals surface area (Å²) in [5.74, 6) is 0.717. The Morgan fingerprint density at radius 3 is 2.61 bits per heavy atom. The van der Waals surface area contributed by atoms with Crippen molar-refractivity contribution < 1.29 is 4.74 Å². The maximum Gasteiger partial charge on any atom is 0.264 e. The summed E-state index contributed by atoms with van der Waals surface area (Å²) in [6.07, 6.45) is 6.28. The molecule has 0 fully saturated rings. The largest absolute Gasteiger partial charge is 0.355 e. The molecule has 1 aliphatic rings. The Bertz CT molecular complexity index is 1290. The highest BCUT2D eigenvalue weighted by molar-refractivity contribution is 6.30. The number of nitrogens with one attached hydrogen (secondary N) is 2. The fourth-order valence-electron chi connectivity index (χ4n) is 3.71. The van der Waals surface area contributed by atoms with Crippen molar-refractivity contribution in [3.63, 3.8) is 0 Å². The Labute approximate surface area is 184 Å². The summed E-state index contributed by atoms with van der Waals surface area (Å²) >= 11 is 6.08. The van der Waals surface area contributed by atoms with Gasteiger partial charge in [-0.25, -0.2) is 0 Å². The number of fused-ring (bicyclic) bond motifs is 1. The summed E-state index contributed by atoms with van der Waals surface area (Å²) in [4.78, 5) is 15.7.